The fraction of sp³-hybridized carbons (Fsp3) is 0.300. The Bertz CT molecular complexity index is 1010. The van der Waals surface area contributed by atoms with Gasteiger partial charge >= 0.3 is 5.97 Å². The molecule has 1 unspecified atom stereocenters. The lowest BCUT2D eigenvalue weighted by atomic mass is 10.0. The van der Waals surface area contributed by atoms with Crippen molar-refractivity contribution in [2.75, 3.05) is 18.6 Å². The molecule has 10 heteroatoms. The van der Waals surface area contributed by atoms with Crippen molar-refractivity contribution in [2.45, 2.75) is 25.5 Å². The summed E-state index contributed by atoms with van der Waals surface area (Å²) >= 11 is 5.78. The number of aromatic nitrogens is 1. The zero-order valence-corrected chi connectivity index (χ0v) is 17.0. The first-order valence-corrected chi connectivity index (χ1v) is 9.36. The van der Waals surface area contributed by atoms with Crippen LogP contribution in [0.15, 0.2) is 30.5 Å². The number of halogens is 2. The van der Waals surface area contributed by atoms with E-state index in [2.05, 4.69) is 10.3 Å². The second-order valence-electron chi connectivity index (χ2n) is 6.85. The van der Waals surface area contributed by atoms with Crippen molar-refractivity contribution in [3.8, 4) is 0 Å². The Hall–Kier alpha value is -3.04. The molecule has 1 aliphatic rings. The number of ether oxygens (including phenoxy) is 1. The van der Waals surface area contributed by atoms with Gasteiger partial charge in [-0.05, 0) is 36.8 Å². The lowest BCUT2D eigenvalue weighted by Crippen LogP contribution is -2.52. The summed E-state index contributed by atoms with van der Waals surface area (Å²) in [4.78, 5) is 42.5. The van der Waals surface area contributed by atoms with Crippen molar-refractivity contribution >= 4 is 35.1 Å². The molecular formula is C20H19ClFN3O5. The molecule has 0 aliphatic carbocycles. The number of carbonyl (C=O) groups excluding carboxylic acids is 3. The number of benzene rings is 1. The summed E-state index contributed by atoms with van der Waals surface area (Å²) in [6, 6.07) is 5.19. The molecule has 0 saturated carbocycles. The van der Waals surface area contributed by atoms with Crippen LogP contribution in [0.3, 0.4) is 0 Å². The van der Waals surface area contributed by atoms with Crippen molar-refractivity contribution in [1.29, 1.82) is 0 Å². The number of hydrogen-bond donors (Lipinski definition) is 2. The van der Waals surface area contributed by atoms with Gasteiger partial charge in [0.2, 0.25) is 5.60 Å². The molecule has 1 atom stereocenters. The average Bonchev–Trinajstić information content (AvgIpc) is 3.01. The highest BCUT2D eigenvalue weighted by molar-refractivity contribution is 6.30. The molecule has 2 aromatic rings. The van der Waals surface area contributed by atoms with Crippen LogP contribution >= 0.6 is 11.6 Å². The molecule has 0 spiro atoms. The topological polar surface area (TPSA) is 109 Å². The molecule has 1 aromatic heterocycles. The highest BCUT2D eigenvalue weighted by Crippen LogP contribution is 2.29. The molecule has 1 fully saturated rings. The molecule has 3 rings (SSSR count). The Labute approximate surface area is 176 Å². The standard InChI is InChI=1S/C20H19ClFN3O5/c1-11-16(17(26)30-2)8-15(10-23-11)25-4-3-20(29,19(25)28)18(27)24-9-12-5-13(21)7-14(22)6-12/h5-8,10,29H,3-4,9H2,1-2H3,(H,24,27). The van der Waals surface area contributed by atoms with Gasteiger partial charge in [0.25, 0.3) is 11.8 Å². The van der Waals surface area contributed by atoms with Gasteiger partial charge in [-0.25, -0.2) is 9.18 Å². The number of hydrogen-bond acceptors (Lipinski definition) is 6. The fourth-order valence-corrected chi connectivity index (χ4v) is 3.43. The molecule has 0 bridgehead atoms. The highest BCUT2D eigenvalue weighted by Gasteiger charge is 2.51. The van der Waals surface area contributed by atoms with Crippen molar-refractivity contribution in [1.82, 2.24) is 10.3 Å². The summed E-state index contributed by atoms with van der Waals surface area (Å²) in [6.45, 7) is 1.54. The van der Waals surface area contributed by atoms with E-state index in [0.717, 1.165) is 6.07 Å². The summed E-state index contributed by atoms with van der Waals surface area (Å²) in [5.74, 6) is -2.94. The maximum atomic E-state index is 13.4. The predicted molar refractivity (Wildman–Crippen MR) is 105 cm³/mol. The first kappa shape index (κ1) is 21.7. The average molecular weight is 436 g/mol. The second-order valence-corrected chi connectivity index (χ2v) is 7.28. The zero-order chi connectivity index (χ0) is 22.1. The number of aliphatic hydroxyl groups is 1. The van der Waals surface area contributed by atoms with E-state index in [1.54, 1.807) is 6.92 Å². The molecule has 8 nitrogen and oxygen atoms in total. The van der Waals surface area contributed by atoms with Crippen molar-refractivity contribution in [3.63, 3.8) is 0 Å². The van der Waals surface area contributed by atoms with Crippen LogP contribution < -0.4 is 10.2 Å². The Morgan fingerprint density at radius 2 is 2.10 bits per heavy atom. The molecule has 2 amide bonds. The SMILES string of the molecule is COC(=O)c1cc(N2CCC(O)(C(=O)NCc3cc(F)cc(Cl)c3)C2=O)cnc1C. The Morgan fingerprint density at radius 3 is 2.77 bits per heavy atom. The van der Waals surface area contributed by atoms with Gasteiger partial charge in [-0.3, -0.25) is 14.6 Å². The van der Waals surface area contributed by atoms with E-state index < -0.39 is 29.2 Å². The number of aryl methyl sites for hydroxylation is 1. The Kier molecular flexibility index (Phi) is 6.04. The molecule has 158 valence electrons. The van der Waals surface area contributed by atoms with Gasteiger partial charge in [-0.2, -0.15) is 0 Å². The molecule has 2 N–H and O–H groups in total. The number of amides is 2. The van der Waals surface area contributed by atoms with Gasteiger partial charge in [-0.1, -0.05) is 11.6 Å². The number of carbonyl (C=O) groups is 3. The monoisotopic (exact) mass is 435 g/mol. The van der Waals surface area contributed by atoms with Gasteiger partial charge < -0.3 is 20.1 Å². The number of pyridine rings is 1. The molecule has 1 saturated heterocycles. The fourth-order valence-electron chi connectivity index (χ4n) is 3.19. The van der Waals surface area contributed by atoms with Crippen LogP contribution in [0.1, 0.15) is 28.0 Å². The highest BCUT2D eigenvalue weighted by atomic mass is 35.5. The van der Waals surface area contributed by atoms with Crippen LogP contribution in [0, 0.1) is 12.7 Å². The molecule has 2 heterocycles. The van der Waals surface area contributed by atoms with Crippen molar-refractivity contribution in [2.24, 2.45) is 0 Å². The minimum Gasteiger partial charge on any atom is -0.465 e. The number of esters is 1. The van der Waals surface area contributed by atoms with Gasteiger partial charge in [0, 0.05) is 24.5 Å². The van der Waals surface area contributed by atoms with Crippen molar-refractivity contribution in [3.05, 3.63) is 58.1 Å². The van der Waals surface area contributed by atoms with E-state index in [0.29, 0.717) is 11.3 Å². The van der Waals surface area contributed by atoms with Crippen molar-refractivity contribution < 1.29 is 28.6 Å². The van der Waals surface area contributed by atoms with E-state index in [1.165, 1.54) is 36.4 Å². The number of rotatable bonds is 5. The van der Waals surface area contributed by atoms with E-state index in [1.807, 2.05) is 0 Å². The third kappa shape index (κ3) is 4.12. The summed E-state index contributed by atoms with van der Waals surface area (Å²) in [5.41, 5.74) is -1.08. The molecule has 1 aromatic carbocycles. The number of methoxy groups -OCH3 is 1. The van der Waals surface area contributed by atoms with E-state index in [4.69, 9.17) is 16.3 Å². The maximum absolute atomic E-state index is 13.4. The largest absolute Gasteiger partial charge is 0.465 e. The van der Waals surface area contributed by atoms with Gasteiger partial charge in [0.15, 0.2) is 0 Å². The normalized spacial score (nSPS) is 18.4. The Morgan fingerprint density at radius 1 is 1.37 bits per heavy atom. The minimum atomic E-state index is -2.30. The minimum absolute atomic E-state index is 0.0416. The van der Waals surface area contributed by atoms with Crippen LogP contribution in [0.2, 0.25) is 5.02 Å². The summed E-state index contributed by atoms with van der Waals surface area (Å²) in [7, 11) is 1.23. The van der Waals surface area contributed by atoms with Gasteiger partial charge in [0.05, 0.1) is 30.3 Å². The maximum Gasteiger partial charge on any atom is 0.339 e. The molecule has 30 heavy (non-hydrogen) atoms. The van der Waals surface area contributed by atoms with E-state index >= 15 is 0 Å². The van der Waals surface area contributed by atoms with Gasteiger partial charge in [0.1, 0.15) is 5.82 Å². The lowest BCUT2D eigenvalue weighted by molar-refractivity contribution is -0.149. The first-order chi connectivity index (χ1) is 14.2. The third-order valence-electron chi connectivity index (χ3n) is 4.84. The molecular weight excluding hydrogens is 417 g/mol. The summed E-state index contributed by atoms with van der Waals surface area (Å²) in [6.07, 6.45) is 1.21. The first-order valence-electron chi connectivity index (χ1n) is 8.98. The number of nitrogens with zero attached hydrogens (tertiary/aromatic N) is 2. The lowest BCUT2D eigenvalue weighted by Gasteiger charge is -2.22. The smallest absolute Gasteiger partial charge is 0.339 e. The van der Waals surface area contributed by atoms with E-state index in [9.17, 15) is 23.9 Å². The summed E-state index contributed by atoms with van der Waals surface area (Å²) < 4.78 is 18.1. The quantitative estimate of drug-likeness (QED) is 0.547. The number of nitrogens with one attached hydrogen (secondary N) is 1. The van der Waals surface area contributed by atoms with Gasteiger partial charge in [-0.15, -0.1) is 0 Å². The second kappa shape index (κ2) is 8.37. The predicted octanol–water partition coefficient (Wildman–Crippen LogP) is 1.75. The van der Waals surface area contributed by atoms with Crippen LogP contribution in [0.5, 0.6) is 0 Å². The van der Waals surface area contributed by atoms with Crippen LogP contribution in [-0.2, 0) is 20.9 Å². The van der Waals surface area contributed by atoms with Crippen LogP contribution in [0.4, 0.5) is 10.1 Å². The molecule has 1 aliphatic heterocycles. The van der Waals surface area contributed by atoms with Crippen LogP contribution in [0.25, 0.3) is 0 Å². The molecule has 0 radical (unpaired) electrons. The summed E-state index contributed by atoms with van der Waals surface area (Å²) in [5, 5.41) is 13.3. The Balaban J connectivity index is 1.76. The number of anilines is 1. The van der Waals surface area contributed by atoms with E-state index in [-0.39, 0.29) is 35.8 Å². The van der Waals surface area contributed by atoms with Crippen LogP contribution in [-0.4, -0.2) is 47.1 Å². The zero-order valence-electron chi connectivity index (χ0n) is 16.2. The third-order valence-corrected chi connectivity index (χ3v) is 5.05.